The number of rotatable bonds is 1. The van der Waals surface area contributed by atoms with Crippen LogP contribution < -0.4 is 4.90 Å². The van der Waals surface area contributed by atoms with E-state index in [1.807, 2.05) is 37.3 Å². The SMILES string of the molecule is Cc1cccc(N2C(=O)/C(=C3\OC(=O)c4ccccc43)SC2=S)c1. The Morgan fingerprint density at radius 2 is 1.79 bits per heavy atom. The predicted octanol–water partition coefficient (Wildman–Crippen LogP) is 3.90. The van der Waals surface area contributed by atoms with Crippen molar-refractivity contribution in [1.82, 2.24) is 0 Å². The van der Waals surface area contributed by atoms with Gasteiger partial charge in [-0.25, -0.2) is 4.79 Å². The van der Waals surface area contributed by atoms with Gasteiger partial charge in [-0.15, -0.1) is 0 Å². The molecule has 2 aromatic rings. The van der Waals surface area contributed by atoms with E-state index < -0.39 is 5.97 Å². The molecule has 24 heavy (non-hydrogen) atoms. The van der Waals surface area contributed by atoms with Gasteiger partial charge in [0, 0.05) is 5.56 Å². The number of amides is 1. The van der Waals surface area contributed by atoms with Crippen molar-refractivity contribution in [2.75, 3.05) is 4.90 Å². The van der Waals surface area contributed by atoms with Crippen LogP contribution in [0.3, 0.4) is 0 Å². The van der Waals surface area contributed by atoms with E-state index in [0.29, 0.717) is 31.8 Å². The molecular weight excluding hydrogens is 342 g/mol. The van der Waals surface area contributed by atoms with E-state index in [-0.39, 0.29) is 5.91 Å². The van der Waals surface area contributed by atoms with Gasteiger partial charge in [-0.1, -0.05) is 54.3 Å². The Morgan fingerprint density at radius 1 is 1.04 bits per heavy atom. The second-order valence-corrected chi connectivity index (χ2v) is 7.09. The lowest BCUT2D eigenvalue weighted by atomic mass is 10.1. The standard InChI is InChI=1S/C18H11NO3S2/c1-10-5-4-6-11(9-10)19-16(20)15(24-18(19)23)14-12-7-2-3-8-13(12)17(21)22-14/h2-9H,1H3/b15-14+. The molecule has 0 atom stereocenters. The highest BCUT2D eigenvalue weighted by Crippen LogP contribution is 2.42. The molecule has 0 unspecified atom stereocenters. The number of cyclic esters (lactones) is 1. The lowest BCUT2D eigenvalue weighted by Gasteiger charge is -2.14. The molecule has 0 saturated carbocycles. The van der Waals surface area contributed by atoms with Gasteiger partial charge in [-0.05, 0) is 30.7 Å². The highest BCUT2D eigenvalue weighted by atomic mass is 32.2. The van der Waals surface area contributed by atoms with E-state index in [1.54, 1.807) is 18.2 Å². The summed E-state index contributed by atoms with van der Waals surface area (Å²) in [6.07, 6.45) is 0. The second kappa shape index (κ2) is 5.58. The highest BCUT2D eigenvalue weighted by Gasteiger charge is 2.40. The number of carbonyl (C=O) groups is 2. The number of nitrogens with zero attached hydrogens (tertiary/aromatic N) is 1. The fourth-order valence-electron chi connectivity index (χ4n) is 2.72. The maximum atomic E-state index is 12.9. The van der Waals surface area contributed by atoms with E-state index in [9.17, 15) is 9.59 Å². The number of thiocarbonyl (C=S) groups is 1. The Hall–Kier alpha value is -2.44. The number of esters is 1. The second-order valence-electron chi connectivity index (χ2n) is 5.44. The number of hydrogen-bond donors (Lipinski definition) is 0. The minimum Gasteiger partial charge on any atom is -0.421 e. The van der Waals surface area contributed by atoms with Crippen molar-refractivity contribution >= 4 is 51.6 Å². The zero-order chi connectivity index (χ0) is 16.8. The van der Waals surface area contributed by atoms with Gasteiger partial charge in [0.15, 0.2) is 10.1 Å². The number of anilines is 1. The summed E-state index contributed by atoms with van der Waals surface area (Å²) in [5.74, 6) is -0.417. The Balaban J connectivity index is 1.81. The molecule has 1 fully saturated rings. The molecule has 2 aromatic carbocycles. The van der Waals surface area contributed by atoms with Crippen LogP contribution in [0, 0.1) is 6.92 Å². The third-order valence-electron chi connectivity index (χ3n) is 3.82. The van der Waals surface area contributed by atoms with Crippen LogP contribution >= 0.6 is 24.0 Å². The van der Waals surface area contributed by atoms with Crippen LogP contribution in [0.15, 0.2) is 53.4 Å². The molecule has 2 aliphatic rings. The van der Waals surface area contributed by atoms with Crippen molar-refractivity contribution in [2.24, 2.45) is 0 Å². The van der Waals surface area contributed by atoms with Crippen LogP contribution in [0.5, 0.6) is 0 Å². The monoisotopic (exact) mass is 353 g/mol. The van der Waals surface area contributed by atoms with Gasteiger partial charge in [-0.3, -0.25) is 9.69 Å². The van der Waals surface area contributed by atoms with E-state index in [1.165, 1.54) is 4.90 Å². The van der Waals surface area contributed by atoms with Crippen molar-refractivity contribution in [2.45, 2.75) is 6.92 Å². The lowest BCUT2D eigenvalue weighted by Crippen LogP contribution is -2.27. The predicted molar refractivity (Wildman–Crippen MR) is 97.6 cm³/mol. The van der Waals surface area contributed by atoms with Crippen molar-refractivity contribution in [3.05, 3.63) is 70.1 Å². The normalized spacial score (nSPS) is 19.7. The fourth-order valence-corrected chi connectivity index (χ4v) is 4.04. The quantitative estimate of drug-likeness (QED) is 0.442. The van der Waals surface area contributed by atoms with E-state index in [4.69, 9.17) is 17.0 Å². The Labute approximate surface area is 148 Å². The molecular formula is C18H11NO3S2. The number of thioether (sulfide) groups is 1. The Bertz CT molecular complexity index is 949. The summed E-state index contributed by atoms with van der Waals surface area (Å²) < 4.78 is 5.78. The molecule has 118 valence electrons. The third-order valence-corrected chi connectivity index (χ3v) is 5.18. The van der Waals surface area contributed by atoms with Gasteiger partial charge < -0.3 is 4.74 Å². The number of fused-ring (bicyclic) bond motifs is 1. The Kier molecular flexibility index (Phi) is 3.51. The molecule has 0 spiro atoms. The molecule has 0 aromatic heterocycles. The lowest BCUT2D eigenvalue weighted by molar-refractivity contribution is -0.113. The summed E-state index contributed by atoms with van der Waals surface area (Å²) in [5.41, 5.74) is 2.85. The largest absolute Gasteiger partial charge is 0.421 e. The summed E-state index contributed by atoms with van der Waals surface area (Å²) in [4.78, 5) is 26.7. The van der Waals surface area contributed by atoms with Crippen LogP contribution in [-0.2, 0) is 9.53 Å². The smallest absolute Gasteiger partial charge is 0.344 e. The van der Waals surface area contributed by atoms with Crippen LogP contribution in [0.25, 0.3) is 5.76 Å². The number of ether oxygens (including phenoxy) is 1. The molecule has 0 bridgehead atoms. The maximum absolute atomic E-state index is 12.9. The first-order valence-electron chi connectivity index (χ1n) is 7.25. The number of aryl methyl sites for hydroxylation is 1. The average Bonchev–Trinajstić information content (AvgIpc) is 3.05. The van der Waals surface area contributed by atoms with Crippen molar-refractivity contribution in [3.63, 3.8) is 0 Å². The summed E-state index contributed by atoms with van der Waals surface area (Å²) in [6, 6.07) is 14.6. The van der Waals surface area contributed by atoms with Gasteiger partial charge in [0.05, 0.1) is 11.3 Å². The van der Waals surface area contributed by atoms with Gasteiger partial charge in [0.2, 0.25) is 0 Å². The molecule has 2 aliphatic heterocycles. The first-order valence-corrected chi connectivity index (χ1v) is 8.47. The number of hydrogen-bond acceptors (Lipinski definition) is 5. The van der Waals surface area contributed by atoms with Gasteiger partial charge in [0.25, 0.3) is 5.91 Å². The van der Waals surface area contributed by atoms with Crippen molar-refractivity contribution < 1.29 is 14.3 Å². The van der Waals surface area contributed by atoms with Gasteiger partial charge in [-0.2, -0.15) is 0 Å². The van der Waals surface area contributed by atoms with Gasteiger partial charge in [0.1, 0.15) is 4.91 Å². The number of benzene rings is 2. The highest BCUT2D eigenvalue weighted by molar-refractivity contribution is 8.27. The summed E-state index contributed by atoms with van der Waals surface area (Å²) in [7, 11) is 0. The molecule has 1 saturated heterocycles. The topological polar surface area (TPSA) is 46.6 Å². The molecule has 4 nitrogen and oxygen atoms in total. The zero-order valence-corrected chi connectivity index (χ0v) is 14.2. The zero-order valence-electron chi connectivity index (χ0n) is 12.6. The molecule has 1 amide bonds. The van der Waals surface area contributed by atoms with Crippen LogP contribution in [0.1, 0.15) is 21.5 Å². The third kappa shape index (κ3) is 2.26. The van der Waals surface area contributed by atoms with Crippen LogP contribution in [0.2, 0.25) is 0 Å². The first-order chi connectivity index (χ1) is 11.6. The molecule has 0 aliphatic carbocycles. The van der Waals surface area contributed by atoms with Crippen molar-refractivity contribution in [1.29, 1.82) is 0 Å². The van der Waals surface area contributed by atoms with Crippen molar-refractivity contribution in [3.8, 4) is 0 Å². The molecule has 2 heterocycles. The van der Waals surface area contributed by atoms with E-state index >= 15 is 0 Å². The summed E-state index contributed by atoms with van der Waals surface area (Å²) >= 11 is 6.53. The maximum Gasteiger partial charge on any atom is 0.344 e. The number of carbonyl (C=O) groups excluding carboxylic acids is 2. The fraction of sp³-hybridized carbons (Fsp3) is 0.0556. The van der Waals surface area contributed by atoms with E-state index in [0.717, 1.165) is 17.3 Å². The summed E-state index contributed by atoms with van der Waals surface area (Å²) in [5, 5.41) is 0. The van der Waals surface area contributed by atoms with E-state index in [2.05, 4.69) is 0 Å². The molecule has 0 N–H and O–H groups in total. The van der Waals surface area contributed by atoms with Crippen LogP contribution in [-0.4, -0.2) is 16.2 Å². The molecule has 4 rings (SSSR count). The van der Waals surface area contributed by atoms with Crippen LogP contribution in [0.4, 0.5) is 5.69 Å². The molecule has 6 heteroatoms. The first kappa shape index (κ1) is 15.1. The summed E-state index contributed by atoms with van der Waals surface area (Å²) in [6.45, 7) is 1.95. The Morgan fingerprint density at radius 3 is 2.54 bits per heavy atom. The van der Waals surface area contributed by atoms with Gasteiger partial charge >= 0.3 is 5.97 Å². The average molecular weight is 353 g/mol. The minimum absolute atomic E-state index is 0.268. The molecule has 0 radical (unpaired) electrons. The minimum atomic E-state index is -0.443.